The summed E-state index contributed by atoms with van der Waals surface area (Å²) in [6.45, 7) is 4.73. The van der Waals surface area contributed by atoms with Crippen LogP contribution in [0.4, 0.5) is 0 Å². The van der Waals surface area contributed by atoms with Gasteiger partial charge in [-0.25, -0.2) is 0 Å². The Labute approximate surface area is 99.8 Å². The Bertz CT molecular complexity index is 209. The van der Waals surface area contributed by atoms with Crippen LogP contribution in [0.1, 0.15) is 58.8 Å². The summed E-state index contributed by atoms with van der Waals surface area (Å²) in [7, 11) is 0. The molecule has 4 unspecified atom stereocenters. The molecular weight excluding hydrogens is 198 g/mol. The molecule has 0 bridgehead atoms. The molecule has 0 spiro atoms. The number of aliphatic hydroxyl groups is 1. The SMILES string of the molecule is CC1CCCC(C)C1NC1CCCCC1O. The van der Waals surface area contributed by atoms with Crippen molar-refractivity contribution in [2.45, 2.75) is 77.0 Å². The maximum atomic E-state index is 10.0. The molecule has 0 aromatic heterocycles. The minimum absolute atomic E-state index is 0.102. The molecule has 0 heterocycles. The lowest BCUT2D eigenvalue weighted by Crippen LogP contribution is -2.52. The van der Waals surface area contributed by atoms with Crippen molar-refractivity contribution in [3.8, 4) is 0 Å². The van der Waals surface area contributed by atoms with Gasteiger partial charge in [0.2, 0.25) is 0 Å². The monoisotopic (exact) mass is 225 g/mol. The van der Waals surface area contributed by atoms with Crippen molar-refractivity contribution in [1.29, 1.82) is 0 Å². The zero-order chi connectivity index (χ0) is 11.5. The van der Waals surface area contributed by atoms with E-state index >= 15 is 0 Å². The normalized spacial score (nSPS) is 45.6. The van der Waals surface area contributed by atoms with Gasteiger partial charge in [-0.1, -0.05) is 33.1 Å². The summed E-state index contributed by atoms with van der Waals surface area (Å²) < 4.78 is 0. The molecule has 2 fully saturated rings. The fourth-order valence-corrected chi connectivity index (χ4v) is 3.56. The van der Waals surface area contributed by atoms with Crippen LogP contribution in [0.15, 0.2) is 0 Å². The van der Waals surface area contributed by atoms with Gasteiger partial charge in [-0.15, -0.1) is 0 Å². The Morgan fingerprint density at radius 3 is 2.12 bits per heavy atom. The maximum Gasteiger partial charge on any atom is 0.0693 e. The molecule has 0 amide bonds. The van der Waals surface area contributed by atoms with E-state index in [1.54, 1.807) is 0 Å². The molecule has 2 rings (SSSR count). The number of rotatable bonds is 2. The first-order chi connectivity index (χ1) is 7.68. The molecule has 2 nitrogen and oxygen atoms in total. The maximum absolute atomic E-state index is 10.0. The van der Waals surface area contributed by atoms with E-state index in [0.717, 1.165) is 24.7 Å². The first kappa shape index (κ1) is 12.4. The minimum Gasteiger partial charge on any atom is -0.392 e. The number of hydrogen-bond donors (Lipinski definition) is 2. The van der Waals surface area contributed by atoms with E-state index in [1.807, 2.05) is 0 Å². The standard InChI is InChI=1S/C14H27NO/c1-10-6-5-7-11(2)14(10)15-12-8-3-4-9-13(12)16/h10-16H,3-9H2,1-2H3. The van der Waals surface area contributed by atoms with Gasteiger partial charge in [-0.05, 0) is 37.5 Å². The van der Waals surface area contributed by atoms with Crippen LogP contribution in [0.5, 0.6) is 0 Å². The van der Waals surface area contributed by atoms with Crippen LogP contribution in [0.2, 0.25) is 0 Å². The molecule has 0 saturated heterocycles. The molecule has 94 valence electrons. The minimum atomic E-state index is -0.102. The topological polar surface area (TPSA) is 32.3 Å². The van der Waals surface area contributed by atoms with Crippen molar-refractivity contribution >= 4 is 0 Å². The van der Waals surface area contributed by atoms with Crippen molar-refractivity contribution in [3.05, 3.63) is 0 Å². The van der Waals surface area contributed by atoms with Gasteiger partial charge in [0.15, 0.2) is 0 Å². The zero-order valence-corrected chi connectivity index (χ0v) is 10.8. The number of nitrogens with one attached hydrogen (secondary N) is 1. The molecular formula is C14H27NO. The smallest absolute Gasteiger partial charge is 0.0693 e. The average molecular weight is 225 g/mol. The largest absolute Gasteiger partial charge is 0.392 e. The van der Waals surface area contributed by atoms with Gasteiger partial charge < -0.3 is 10.4 Å². The Morgan fingerprint density at radius 1 is 0.875 bits per heavy atom. The molecule has 0 aliphatic heterocycles. The van der Waals surface area contributed by atoms with E-state index < -0.39 is 0 Å². The predicted octanol–water partition coefficient (Wildman–Crippen LogP) is 2.70. The van der Waals surface area contributed by atoms with Gasteiger partial charge >= 0.3 is 0 Å². The molecule has 2 saturated carbocycles. The van der Waals surface area contributed by atoms with Crippen molar-refractivity contribution in [3.63, 3.8) is 0 Å². The molecule has 2 aliphatic rings. The van der Waals surface area contributed by atoms with Crippen LogP contribution < -0.4 is 5.32 Å². The quantitative estimate of drug-likeness (QED) is 0.757. The summed E-state index contributed by atoms with van der Waals surface area (Å²) in [5.74, 6) is 1.55. The van der Waals surface area contributed by atoms with Crippen LogP contribution in [-0.2, 0) is 0 Å². The third-order valence-electron chi connectivity index (χ3n) is 4.68. The van der Waals surface area contributed by atoms with E-state index in [1.165, 1.54) is 32.1 Å². The molecule has 0 aromatic carbocycles. The fourth-order valence-electron chi connectivity index (χ4n) is 3.56. The lowest BCUT2D eigenvalue weighted by Gasteiger charge is -2.40. The van der Waals surface area contributed by atoms with Gasteiger partial charge in [0.1, 0.15) is 0 Å². The lowest BCUT2D eigenvalue weighted by molar-refractivity contribution is 0.0671. The van der Waals surface area contributed by atoms with E-state index in [-0.39, 0.29) is 6.10 Å². The van der Waals surface area contributed by atoms with E-state index in [4.69, 9.17) is 0 Å². The lowest BCUT2D eigenvalue weighted by atomic mass is 9.77. The van der Waals surface area contributed by atoms with E-state index in [9.17, 15) is 5.11 Å². The van der Waals surface area contributed by atoms with Crippen molar-refractivity contribution in [2.75, 3.05) is 0 Å². The number of aliphatic hydroxyl groups excluding tert-OH is 1. The first-order valence-corrected chi connectivity index (χ1v) is 7.12. The molecule has 4 atom stereocenters. The third kappa shape index (κ3) is 2.78. The highest BCUT2D eigenvalue weighted by Crippen LogP contribution is 2.30. The predicted molar refractivity (Wildman–Crippen MR) is 67.4 cm³/mol. The van der Waals surface area contributed by atoms with E-state index in [0.29, 0.717) is 12.1 Å². The summed E-state index contributed by atoms with van der Waals surface area (Å²) in [4.78, 5) is 0. The van der Waals surface area contributed by atoms with Crippen LogP contribution in [-0.4, -0.2) is 23.3 Å². The highest BCUT2D eigenvalue weighted by atomic mass is 16.3. The van der Waals surface area contributed by atoms with Gasteiger partial charge in [0, 0.05) is 12.1 Å². The van der Waals surface area contributed by atoms with Crippen LogP contribution in [0.25, 0.3) is 0 Å². The Hall–Kier alpha value is -0.0800. The summed E-state index contributed by atoms with van der Waals surface area (Å²) >= 11 is 0. The molecule has 0 radical (unpaired) electrons. The van der Waals surface area contributed by atoms with E-state index in [2.05, 4.69) is 19.2 Å². The van der Waals surface area contributed by atoms with Crippen molar-refractivity contribution < 1.29 is 5.11 Å². The zero-order valence-electron chi connectivity index (χ0n) is 10.8. The molecule has 0 aromatic rings. The first-order valence-electron chi connectivity index (χ1n) is 7.12. The van der Waals surface area contributed by atoms with Crippen molar-refractivity contribution in [1.82, 2.24) is 5.32 Å². The highest BCUT2D eigenvalue weighted by Gasteiger charge is 2.32. The third-order valence-corrected chi connectivity index (χ3v) is 4.68. The Morgan fingerprint density at radius 2 is 1.50 bits per heavy atom. The van der Waals surface area contributed by atoms with Crippen LogP contribution >= 0.6 is 0 Å². The molecule has 2 N–H and O–H groups in total. The second kappa shape index (κ2) is 5.50. The van der Waals surface area contributed by atoms with Gasteiger partial charge in [-0.2, -0.15) is 0 Å². The second-order valence-corrected chi connectivity index (χ2v) is 6.04. The van der Waals surface area contributed by atoms with Crippen LogP contribution in [0.3, 0.4) is 0 Å². The highest BCUT2D eigenvalue weighted by molar-refractivity contribution is 4.89. The summed E-state index contributed by atoms with van der Waals surface area (Å²) in [5, 5.41) is 13.8. The fraction of sp³-hybridized carbons (Fsp3) is 1.00. The van der Waals surface area contributed by atoms with Gasteiger partial charge in [0.05, 0.1) is 6.10 Å². The van der Waals surface area contributed by atoms with Crippen LogP contribution in [0, 0.1) is 11.8 Å². The number of hydrogen-bond acceptors (Lipinski definition) is 2. The summed E-state index contributed by atoms with van der Waals surface area (Å²) in [6.07, 6.45) is 8.63. The average Bonchev–Trinajstić information content (AvgIpc) is 2.26. The summed E-state index contributed by atoms with van der Waals surface area (Å²) in [6, 6.07) is 0.994. The van der Waals surface area contributed by atoms with Gasteiger partial charge in [0.25, 0.3) is 0 Å². The Balaban J connectivity index is 1.90. The summed E-state index contributed by atoms with van der Waals surface area (Å²) in [5.41, 5.74) is 0. The van der Waals surface area contributed by atoms with Gasteiger partial charge in [-0.3, -0.25) is 0 Å². The molecule has 2 aliphatic carbocycles. The molecule has 2 heteroatoms. The van der Waals surface area contributed by atoms with Crippen molar-refractivity contribution in [2.24, 2.45) is 11.8 Å². The Kier molecular flexibility index (Phi) is 4.26. The second-order valence-electron chi connectivity index (χ2n) is 6.04. The molecule has 16 heavy (non-hydrogen) atoms.